The highest BCUT2D eigenvalue weighted by atomic mass is 16.1. The molecule has 3 nitrogen and oxygen atoms in total. The summed E-state index contributed by atoms with van der Waals surface area (Å²) in [5.41, 5.74) is 0.929. The summed E-state index contributed by atoms with van der Waals surface area (Å²) in [6.07, 6.45) is 1.81. The van der Waals surface area contributed by atoms with E-state index in [1.807, 2.05) is 39.2 Å². The zero-order chi connectivity index (χ0) is 9.84. The van der Waals surface area contributed by atoms with Crippen LogP contribution in [0, 0.1) is 0 Å². The smallest absolute Gasteiger partial charge is 0.255 e. The Morgan fingerprint density at radius 2 is 2.31 bits per heavy atom. The molecule has 0 saturated heterocycles. The number of pyridine rings is 1. The molecule has 1 N–H and O–H groups in total. The maximum absolute atomic E-state index is 11.7. The van der Waals surface area contributed by atoms with Crippen LogP contribution in [0.5, 0.6) is 0 Å². The van der Waals surface area contributed by atoms with Gasteiger partial charge in [-0.1, -0.05) is 6.07 Å². The fourth-order valence-electron chi connectivity index (χ4n) is 1.29. The Morgan fingerprint density at radius 3 is 2.85 bits per heavy atom. The monoisotopic (exact) mass is 180 g/mol. The molecule has 13 heavy (non-hydrogen) atoms. The van der Waals surface area contributed by atoms with E-state index < -0.39 is 0 Å². The summed E-state index contributed by atoms with van der Waals surface area (Å²) in [7, 11) is 1.85. The summed E-state index contributed by atoms with van der Waals surface area (Å²) in [4.78, 5) is 11.7. The number of nitrogens with one attached hydrogen (secondary N) is 1. The van der Waals surface area contributed by atoms with Crippen LogP contribution in [0.2, 0.25) is 0 Å². The third-order valence-electron chi connectivity index (χ3n) is 2.29. The van der Waals surface area contributed by atoms with Crippen LogP contribution in [0.25, 0.3) is 0 Å². The molecule has 0 aliphatic heterocycles. The Labute approximate surface area is 78.4 Å². The van der Waals surface area contributed by atoms with Crippen LogP contribution in [-0.4, -0.2) is 11.6 Å². The van der Waals surface area contributed by atoms with E-state index in [2.05, 4.69) is 5.32 Å². The van der Waals surface area contributed by atoms with Crippen molar-refractivity contribution in [2.24, 2.45) is 0 Å². The van der Waals surface area contributed by atoms with Gasteiger partial charge in [-0.05, 0) is 27.0 Å². The molecule has 0 aromatic carbocycles. The van der Waals surface area contributed by atoms with E-state index in [4.69, 9.17) is 0 Å². The number of aryl methyl sites for hydroxylation is 1. The zero-order valence-electron chi connectivity index (χ0n) is 8.37. The topological polar surface area (TPSA) is 34.0 Å². The van der Waals surface area contributed by atoms with Crippen LogP contribution in [0.3, 0.4) is 0 Å². The molecule has 0 aliphatic rings. The summed E-state index contributed by atoms with van der Waals surface area (Å²) >= 11 is 0. The number of hydrogen-bond acceptors (Lipinski definition) is 2. The average Bonchev–Trinajstić information content (AvgIpc) is 2.17. The molecular formula is C10H16N2O. The first kappa shape index (κ1) is 9.99. The first-order chi connectivity index (χ1) is 6.20. The van der Waals surface area contributed by atoms with Gasteiger partial charge in [0.15, 0.2) is 0 Å². The lowest BCUT2D eigenvalue weighted by atomic mass is 10.1. The quantitative estimate of drug-likeness (QED) is 0.757. The second-order valence-corrected chi connectivity index (χ2v) is 3.07. The third kappa shape index (κ3) is 1.98. The van der Waals surface area contributed by atoms with Crippen molar-refractivity contribution in [3.63, 3.8) is 0 Å². The molecule has 0 fully saturated rings. The SMILES string of the molecule is CCn1cccc(C(C)NC)c1=O. The molecule has 1 heterocycles. The molecule has 0 spiro atoms. The molecule has 3 heteroatoms. The Balaban J connectivity index is 3.16. The lowest BCUT2D eigenvalue weighted by Gasteiger charge is -2.11. The minimum absolute atomic E-state index is 0.104. The highest BCUT2D eigenvalue weighted by Crippen LogP contribution is 2.04. The van der Waals surface area contributed by atoms with Crippen molar-refractivity contribution < 1.29 is 0 Å². The van der Waals surface area contributed by atoms with E-state index in [0.29, 0.717) is 0 Å². The third-order valence-corrected chi connectivity index (χ3v) is 2.29. The molecule has 1 unspecified atom stereocenters. The molecule has 0 amide bonds. The molecule has 0 radical (unpaired) electrons. The minimum atomic E-state index is 0.104. The molecule has 1 rings (SSSR count). The van der Waals surface area contributed by atoms with Gasteiger partial charge in [-0.3, -0.25) is 4.79 Å². The van der Waals surface area contributed by atoms with Gasteiger partial charge in [0.25, 0.3) is 5.56 Å². The Morgan fingerprint density at radius 1 is 1.62 bits per heavy atom. The molecule has 1 aromatic heterocycles. The second-order valence-electron chi connectivity index (χ2n) is 3.07. The number of aromatic nitrogens is 1. The van der Waals surface area contributed by atoms with Gasteiger partial charge in [0, 0.05) is 24.3 Å². The van der Waals surface area contributed by atoms with Gasteiger partial charge < -0.3 is 9.88 Å². The van der Waals surface area contributed by atoms with Gasteiger partial charge >= 0.3 is 0 Å². The molecule has 0 bridgehead atoms. The summed E-state index contributed by atoms with van der Waals surface area (Å²) < 4.78 is 1.71. The van der Waals surface area contributed by atoms with Crippen molar-refractivity contribution in [1.29, 1.82) is 0 Å². The Bertz CT molecular complexity index is 330. The first-order valence-corrected chi connectivity index (χ1v) is 4.57. The van der Waals surface area contributed by atoms with Crippen LogP contribution < -0.4 is 10.9 Å². The number of hydrogen-bond donors (Lipinski definition) is 1. The van der Waals surface area contributed by atoms with Crippen molar-refractivity contribution >= 4 is 0 Å². The van der Waals surface area contributed by atoms with Crippen molar-refractivity contribution in [2.45, 2.75) is 26.4 Å². The molecule has 72 valence electrons. The van der Waals surface area contributed by atoms with E-state index in [1.165, 1.54) is 0 Å². The van der Waals surface area contributed by atoms with Crippen LogP contribution in [0.1, 0.15) is 25.5 Å². The van der Waals surface area contributed by atoms with Crippen LogP contribution in [-0.2, 0) is 6.54 Å². The van der Waals surface area contributed by atoms with E-state index in [0.717, 1.165) is 12.1 Å². The standard InChI is InChI=1S/C10H16N2O/c1-4-12-7-5-6-9(10(12)13)8(2)11-3/h5-8,11H,4H2,1-3H3. The lowest BCUT2D eigenvalue weighted by molar-refractivity contribution is 0.621. The highest BCUT2D eigenvalue weighted by Gasteiger charge is 2.07. The van der Waals surface area contributed by atoms with E-state index in [1.54, 1.807) is 4.57 Å². The summed E-state index contributed by atoms with van der Waals surface area (Å²) in [5, 5.41) is 3.06. The molecular weight excluding hydrogens is 164 g/mol. The van der Waals surface area contributed by atoms with E-state index in [-0.39, 0.29) is 11.6 Å². The summed E-state index contributed by atoms with van der Waals surface area (Å²) in [5.74, 6) is 0. The second kappa shape index (κ2) is 4.23. The van der Waals surface area contributed by atoms with Crippen molar-refractivity contribution in [1.82, 2.24) is 9.88 Å². The number of rotatable bonds is 3. The van der Waals surface area contributed by atoms with Gasteiger partial charge in [0.05, 0.1) is 0 Å². The predicted octanol–water partition coefficient (Wildman–Crippen LogP) is 1.15. The fraction of sp³-hybridized carbons (Fsp3) is 0.500. The predicted molar refractivity (Wildman–Crippen MR) is 53.9 cm³/mol. The van der Waals surface area contributed by atoms with Gasteiger partial charge in [-0.25, -0.2) is 0 Å². The van der Waals surface area contributed by atoms with Gasteiger partial charge in [-0.2, -0.15) is 0 Å². The van der Waals surface area contributed by atoms with Gasteiger partial charge in [0.2, 0.25) is 0 Å². The fourth-order valence-corrected chi connectivity index (χ4v) is 1.29. The van der Waals surface area contributed by atoms with Gasteiger partial charge in [-0.15, -0.1) is 0 Å². The Hall–Kier alpha value is -1.09. The Kier molecular flexibility index (Phi) is 3.25. The van der Waals surface area contributed by atoms with E-state index >= 15 is 0 Å². The van der Waals surface area contributed by atoms with Crippen LogP contribution in [0.15, 0.2) is 23.1 Å². The molecule has 0 saturated carbocycles. The van der Waals surface area contributed by atoms with Gasteiger partial charge in [0.1, 0.15) is 0 Å². The number of nitrogens with zero attached hydrogens (tertiary/aromatic N) is 1. The van der Waals surface area contributed by atoms with Crippen LogP contribution in [0.4, 0.5) is 0 Å². The highest BCUT2D eigenvalue weighted by molar-refractivity contribution is 5.14. The minimum Gasteiger partial charge on any atom is -0.316 e. The van der Waals surface area contributed by atoms with Crippen molar-refractivity contribution in [3.05, 3.63) is 34.2 Å². The van der Waals surface area contributed by atoms with Crippen molar-refractivity contribution in [2.75, 3.05) is 7.05 Å². The zero-order valence-corrected chi connectivity index (χ0v) is 8.37. The maximum Gasteiger partial charge on any atom is 0.255 e. The summed E-state index contributed by atoms with van der Waals surface area (Å²) in [6, 6.07) is 3.90. The summed E-state index contributed by atoms with van der Waals surface area (Å²) in [6.45, 7) is 4.68. The van der Waals surface area contributed by atoms with E-state index in [9.17, 15) is 4.79 Å². The normalized spacial score (nSPS) is 12.8. The molecule has 1 atom stereocenters. The average molecular weight is 180 g/mol. The molecule has 0 aliphatic carbocycles. The van der Waals surface area contributed by atoms with Crippen LogP contribution >= 0.6 is 0 Å². The lowest BCUT2D eigenvalue weighted by Crippen LogP contribution is -2.27. The van der Waals surface area contributed by atoms with Crippen molar-refractivity contribution in [3.8, 4) is 0 Å². The maximum atomic E-state index is 11.7. The largest absolute Gasteiger partial charge is 0.316 e. The molecule has 1 aromatic rings. The first-order valence-electron chi connectivity index (χ1n) is 4.57.